The first kappa shape index (κ1) is 31.0. The number of rotatable bonds is 13. The molecule has 14 heteroatoms. The van der Waals surface area contributed by atoms with Crippen molar-refractivity contribution in [3.05, 3.63) is 34.4 Å². The van der Waals surface area contributed by atoms with Crippen LogP contribution in [0.25, 0.3) is 0 Å². The highest BCUT2D eigenvalue weighted by Crippen LogP contribution is 2.26. The highest BCUT2D eigenvalue weighted by atomic mass is 16.6. The average Bonchev–Trinajstić information content (AvgIpc) is 2.89. The van der Waals surface area contributed by atoms with Gasteiger partial charge in [-0.25, -0.2) is 0 Å². The van der Waals surface area contributed by atoms with E-state index in [0.717, 1.165) is 32.1 Å². The Bertz CT molecular complexity index is 1050. The van der Waals surface area contributed by atoms with Crippen molar-refractivity contribution in [1.29, 1.82) is 0 Å². The van der Waals surface area contributed by atoms with Crippen molar-refractivity contribution < 1.29 is 24.1 Å². The molecule has 0 bridgehead atoms. The molecule has 4 amide bonds. The summed E-state index contributed by atoms with van der Waals surface area (Å²) in [5, 5.41) is 21.5. The van der Waals surface area contributed by atoms with Crippen molar-refractivity contribution >= 4 is 41.0 Å². The summed E-state index contributed by atoms with van der Waals surface area (Å²) in [7, 11) is 0. The van der Waals surface area contributed by atoms with E-state index in [9.17, 15) is 29.3 Å². The van der Waals surface area contributed by atoms with Gasteiger partial charge in [-0.1, -0.05) is 19.3 Å². The molecule has 1 fully saturated rings. The lowest BCUT2D eigenvalue weighted by Crippen LogP contribution is -2.56. The molecule has 8 N–H and O–H groups in total. The summed E-state index contributed by atoms with van der Waals surface area (Å²) < 4.78 is 0. The van der Waals surface area contributed by atoms with Crippen LogP contribution in [0.5, 0.6) is 0 Å². The normalized spacial score (nSPS) is 15.6. The molecule has 1 aliphatic rings. The van der Waals surface area contributed by atoms with Crippen LogP contribution >= 0.6 is 0 Å². The molecular weight excluding hydrogens is 508 g/mol. The molecule has 0 aliphatic heterocycles. The lowest BCUT2D eigenvalue weighted by atomic mass is 9.83. The fourth-order valence-electron chi connectivity index (χ4n) is 4.42. The van der Waals surface area contributed by atoms with Gasteiger partial charge in [0.05, 0.1) is 4.92 Å². The first-order chi connectivity index (χ1) is 18.5. The summed E-state index contributed by atoms with van der Waals surface area (Å²) in [6, 6.07) is 2.50. The zero-order valence-electron chi connectivity index (χ0n) is 22.3. The van der Waals surface area contributed by atoms with E-state index in [4.69, 9.17) is 11.5 Å². The SMILES string of the molecule is CC(=O)NC(C(=O)NC(C)C(=O)NC(CCCN=C(N)N)C(=O)Nc1ccc([N+](=O)[O-])cc1)C1CCCCC1. The summed E-state index contributed by atoms with van der Waals surface area (Å²) in [6.45, 7) is 3.06. The third-order valence-electron chi connectivity index (χ3n) is 6.44. The van der Waals surface area contributed by atoms with E-state index >= 15 is 0 Å². The van der Waals surface area contributed by atoms with E-state index in [2.05, 4.69) is 26.3 Å². The molecule has 39 heavy (non-hydrogen) atoms. The van der Waals surface area contributed by atoms with Gasteiger partial charge >= 0.3 is 0 Å². The molecule has 214 valence electrons. The number of carbonyl (C=O) groups is 4. The van der Waals surface area contributed by atoms with Crippen LogP contribution in [0.4, 0.5) is 11.4 Å². The zero-order valence-corrected chi connectivity index (χ0v) is 22.3. The monoisotopic (exact) mass is 546 g/mol. The van der Waals surface area contributed by atoms with Crippen molar-refractivity contribution in [2.75, 3.05) is 11.9 Å². The van der Waals surface area contributed by atoms with E-state index in [0.29, 0.717) is 12.1 Å². The highest BCUT2D eigenvalue weighted by molar-refractivity contribution is 5.98. The number of anilines is 1. The lowest BCUT2D eigenvalue weighted by Gasteiger charge is -2.30. The molecule has 0 heterocycles. The molecule has 2 rings (SSSR count). The third kappa shape index (κ3) is 10.6. The number of benzene rings is 1. The Hall–Kier alpha value is -4.23. The van der Waals surface area contributed by atoms with Gasteiger partial charge in [-0.15, -0.1) is 0 Å². The minimum atomic E-state index is -1.01. The summed E-state index contributed by atoms with van der Waals surface area (Å²) in [5.41, 5.74) is 10.9. The van der Waals surface area contributed by atoms with Gasteiger partial charge in [-0.05, 0) is 50.7 Å². The van der Waals surface area contributed by atoms with Crippen LogP contribution in [0, 0.1) is 16.0 Å². The maximum Gasteiger partial charge on any atom is 0.269 e. The van der Waals surface area contributed by atoms with Gasteiger partial charge in [-0.2, -0.15) is 0 Å². The highest BCUT2D eigenvalue weighted by Gasteiger charge is 2.32. The average molecular weight is 547 g/mol. The van der Waals surface area contributed by atoms with Crippen molar-refractivity contribution in [1.82, 2.24) is 16.0 Å². The number of nitrogens with zero attached hydrogens (tertiary/aromatic N) is 2. The van der Waals surface area contributed by atoms with Crippen molar-refractivity contribution in [3.63, 3.8) is 0 Å². The molecule has 0 saturated heterocycles. The minimum Gasteiger partial charge on any atom is -0.370 e. The van der Waals surface area contributed by atoms with Crippen LogP contribution in [0.2, 0.25) is 0 Å². The Balaban J connectivity index is 2.07. The number of carbonyl (C=O) groups excluding carboxylic acids is 4. The van der Waals surface area contributed by atoms with Gasteiger partial charge in [0.2, 0.25) is 23.6 Å². The number of nitro groups is 1. The fraction of sp³-hybridized carbons (Fsp3) is 0.560. The number of nitrogens with one attached hydrogen (secondary N) is 4. The van der Waals surface area contributed by atoms with Gasteiger partial charge in [0, 0.05) is 31.3 Å². The summed E-state index contributed by atoms with van der Waals surface area (Å²) in [6.07, 6.45) is 5.17. The Morgan fingerprint density at radius 2 is 1.64 bits per heavy atom. The number of amides is 4. The first-order valence-corrected chi connectivity index (χ1v) is 13.0. The standard InChI is InChI=1S/C25H38N8O6/c1-15(29-24(37)21(30-16(2)34)17-7-4-3-5-8-17)22(35)32-20(9-6-14-28-25(26)27)23(36)31-18-10-12-19(13-11-18)33(38)39/h10-13,15,17,20-21H,3-9,14H2,1-2H3,(H,29,37)(H,30,34)(H,31,36)(H,32,35)(H4,26,27,28). The molecule has 3 unspecified atom stereocenters. The second-order valence-electron chi connectivity index (χ2n) is 9.61. The quantitative estimate of drug-likeness (QED) is 0.0676. The third-order valence-corrected chi connectivity index (χ3v) is 6.44. The number of non-ortho nitro benzene ring substituents is 1. The van der Waals surface area contributed by atoms with E-state index in [1.54, 1.807) is 0 Å². The van der Waals surface area contributed by atoms with Crippen LogP contribution < -0.4 is 32.7 Å². The van der Waals surface area contributed by atoms with Crippen molar-refractivity contribution in [2.45, 2.75) is 76.9 Å². The predicted molar refractivity (Wildman–Crippen MR) is 145 cm³/mol. The van der Waals surface area contributed by atoms with E-state index < -0.39 is 40.8 Å². The zero-order chi connectivity index (χ0) is 28.9. The molecule has 3 atom stereocenters. The largest absolute Gasteiger partial charge is 0.370 e. The van der Waals surface area contributed by atoms with Crippen LogP contribution in [0.15, 0.2) is 29.3 Å². The fourth-order valence-corrected chi connectivity index (χ4v) is 4.42. The smallest absolute Gasteiger partial charge is 0.269 e. The molecule has 14 nitrogen and oxygen atoms in total. The second-order valence-corrected chi connectivity index (χ2v) is 9.61. The predicted octanol–water partition coefficient (Wildman–Crippen LogP) is 0.661. The van der Waals surface area contributed by atoms with Crippen LogP contribution in [0.1, 0.15) is 58.8 Å². The Morgan fingerprint density at radius 3 is 2.21 bits per heavy atom. The molecule has 0 spiro atoms. The Morgan fingerprint density at radius 1 is 1.00 bits per heavy atom. The lowest BCUT2D eigenvalue weighted by molar-refractivity contribution is -0.384. The maximum atomic E-state index is 13.0. The number of hydrogen-bond acceptors (Lipinski definition) is 7. The topological polar surface area (TPSA) is 224 Å². The molecule has 0 aromatic heterocycles. The molecule has 1 aromatic carbocycles. The Labute approximate surface area is 226 Å². The van der Waals surface area contributed by atoms with Gasteiger partial charge in [0.1, 0.15) is 18.1 Å². The molecular formula is C25H38N8O6. The van der Waals surface area contributed by atoms with Crippen LogP contribution in [-0.4, -0.2) is 59.2 Å². The van der Waals surface area contributed by atoms with Gasteiger partial charge in [0.15, 0.2) is 5.96 Å². The molecule has 1 aromatic rings. The minimum absolute atomic E-state index is 0.0197. The molecule has 1 aliphatic carbocycles. The van der Waals surface area contributed by atoms with Gasteiger partial charge < -0.3 is 32.7 Å². The first-order valence-electron chi connectivity index (χ1n) is 13.0. The molecule has 0 radical (unpaired) electrons. The van der Waals surface area contributed by atoms with Crippen molar-refractivity contribution in [3.8, 4) is 0 Å². The van der Waals surface area contributed by atoms with Gasteiger partial charge in [-0.3, -0.25) is 34.3 Å². The number of aliphatic imine (C=N–C) groups is 1. The maximum absolute atomic E-state index is 13.0. The van der Waals surface area contributed by atoms with Crippen LogP contribution in [-0.2, 0) is 19.2 Å². The second kappa shape index (κ2) is 15.2. The number of guanidine groups is 1. The van der Waals surface area contributed by atoms with E-state index in [1.807, 2.05) is 0 Å². The summed E-state index contributed by atoms with van der Waals surface area (Å²) in [5.74, 6) is -2.07. The summed E-state index contributed by atoms with van der Waals surface area (Å²) >= 11 is 0. The van der Waals surface area contributed by atoms with Crippen LogP contribution in [0.3, 0.4) is 0 Å². The number of nitro benzene ring substituents is 1. The summed E-state index contributed by atoms with van der Waals surface area (Å²) in [4.78, 5) is 65.0. The Kier molecular flexibility index (Phi) is 12.1. The van der Waals surface area contributed by atoms with Gasteiger partial charge in [0.25, 0.3) is 5.69 Å². The van der Waals surface area contributed by atoms with Crippen molar-refractivity contribution in [2.24, 2.45) is 22.4 Å². The van der Waals surface area contributed by atoms with E-state index in [1.165, 1.54) is 38.1 Å². The number of nitrogens with two attached hydrogens (primary N) is 2. The van der Waals surface area contributed by atoms with E-state index in [-0.39, 0.29) is 36.4 Å². The molecule has 1 saturated carbocycles. The number of hydrogen-bond donors (Lipinski definition) is 6.